The fourth-order valence-corrected chi connectivity index (χ4v) is 2.49. The summed E-state index contributed by atoms with van der Waals surface area (Å²) in [5.41, 5.74) is 2.72. The van der Waals surface area contributed by atoms with Crippen LogP contribution in [0.1, 0.15) is 54.4 Å². The van der Waals surface area contributed by atoms with Gasteiger partial charge in [-0.2, -0.15) is 0 Å². The first-order valence-corrected chi connectivity index (χ1v) is 7.06. The van der Waals surface area contributed by atoms with Gasteiger partial charge in [0.1, 0.15) is 0 Å². The average molecular weight is 263 g/mol. The zero-order chi connectivity index (χ0) is 13.0. The van der Waals surface area contributed by atoms with Crippen LogP contribution in [0.25, 0.3) is 0 Å². The van der Waals surface area contributed by atoms with Crippen molar-refractivity contribution in [2.24, 2.45) is 0 Å². The molecular formula is C16H19ClO. The highest BCUT2D eigenvalue weighted by atomic mass is 35.5. The van der Waals surface area contributed by atoms with Gasteiger partial charge in [-0.25, -0.2) is 0 Å². The van der Waals surface area contributed by atoms with Gasteiger partial charge in [-0.1, -0.05) is 30.5 Å². The lowest BCUT2D eigenvalue weighted by Gasteiger charge is -2.11. The van der Waals surface area contributed by atoms with Crippen molar-refractivity contribution in [1.29, 1.82) is 0 Å². The van der Waals surface area contributed by atoms with Gasteiger partial charge in [-0.3, -0.25) is 4.79 Å². The Labute approximate surface area is 114 Å². The van der Waals surface area contributed by atoms with E-state index in [0.717, 1.165) is 41.0 Å². The number of hydrogen-bond donors (Lipinski definition) is 0. The molecule has 0 saturated heterocycles. The maximum atomic E-state index is 12.4. The van der Waals surface area contributed by atoms with Gasteiger partial charge in [0.25, 0.3) is 0 Å². The number of aryl methyl sites for hydroxylation is 1. The normalized spacial score (nSPS) is 19.6. The Morgan fingerprint density at radius 2 is 1.94 bits per heavy atom. The first-order chi connectivity index (χ1) is 8.68. The summed E-state index contributed by atoms with van der Waals surface area (Å²) in [7, 11) is 0. The largest absolute Gasteiger partial charge is 0.289 e. The molecule has 0 saturated carbocycles. The van der Waals surface area contributed by atoms with E-state index >= 15 is 0 Å². The van der Waals surface area contributed by atoms with Crippen LogP contribution in [-0.2, 0) is 0 Å². The third-order valence-corrected chi connectivity index (χ3v) is 3.93. The molecule has 18 heavy (non-hydrogen) atoms. The molecule has 2 heteroatoms. The maximum Gasteiger partial charge on any atom is 0.188 e. The molecule has 0 aliphatic heterocycles. The fourth-order valence-electron chi connectivity index (χ4n) is 2.37. The molecule has 0 atom stereocenters. The Hall–Kier alpha value is -1.08. The van der Waals surface area contributed by atoms with Gasteiger partial charge in [-0.05, 0) is 61.9 Å². The van der Waals surface area contributed by atoms with Crippen LogP contribution in [0.4, 0.5) is 0 Å². The molecule has 1 nitrogen and oxygen atoms in total. The molecule has 0 bridgehead atoms. The third kappa shape index (κ3) is 3.23. The van der Waals surface area contributed by atoms with E-state index < -0.39 is 0 Å². The number of Topliss-reactive ketones (excluding diaryl/α,β-unsaturated/α-hetero) is 1. The van der Waals surface area contributed by atoms with Gasteiger partial charge < -0.3 is 0 Å². The van der Waals surface area contributed by atoms with Gasteiger partial charge in [-0.15, -0.1) is 0 Å². The molecule has 96 valence electrons. The van der Waals surface area contributed by atoms with Crippen molar-refractivity contribution in [2.45, 2.75) is 45.4 Å². The van der Waals surface area contributed by atoms with E-state index in [1.54, 1.807) is 0 Å². The minimum atomic E-state index is 0.177. The van der Waals surface area contributed by atoms with E-state index in [2.05, 4.69) is 6.08 Å². The summed E-state index contributed by atoms with van der Waals surface area (Å²) >= 11 is 5.99. The molecule has 0 heterocycles. The third-order valence-electron chi connectivity index (χ3n) is 3.50. The first-order valence-electron chi connectivity index (χ1n) is 6.68. The molecule has 2 rings (SSSR count). The van der Waals surface area contributed by atoms with Crippen molar-refractivity contribution in [1.82, 2.24) is 0 Å². The van der Waals surface area contributed by atoms with Gasteiger partial charge in [0.15, 0.2) is 5.78 Å². The molecule has 0 aromatic heterocycles. The summed E-state index contributed by atoms with van der Waals surface area (Å²) in [6.07, 6.45) is 8.95. The zero-order valence-corrected chi connectivity index (χ0v) is 11.6. The quantitative estimate of drug-likeness (QED) is 0.677. The summed E-state index contributed by atoms with van der Waals surface area (Å²) in [6, 6.07) is 5.54. The Morgan fingerprint density at radius 1 is 1.17 bits per heavy atom. The molecule has 0 spiro atoms. The average Bonchev–Trinajstić information content (AvgIpc) is 2.31. The Morgan fingerprint density at radius 3 is 2.72 bits per heavy atom. The topological polar surface area (TPSA) is 17.1 Å². The molecule has 0 radical (unpaired) electrons. The van der Waals surface area contributed by atoms with Crippen molar-refractivity contribution in [2.75, 3.05) is 0 Å². The molecule has 0 N–H and O–H groups in total. The smallest absolute Gasteiger partial charge is 0.188 e. The Kier molecular flexibility index (Phi) is 4.60. The molecule has 1 aliphatic carbocycles. The van der Waals surface area contributed by atoms with E-state index in [4.69, 9.17) is 11.6 Å². The van der Waals surface area contributed by atoms with Crippen LogP contribution in [-0.4, -0.2) is 5.78 Å². The van der Waals surface area contributed by atoms with Crippen molar-refractivity contribution in [3.63, 3.8) is 0 Å². The molecule has 1 aliphatic rings. The fraction of sp³-hybridized carbons (Fsp3) is 0.438. The minimum Gasteiger partial charge on any atom is -0.289 e. The Balaban J connectivity index is 2.21. The van der Waals surface area contributed by atoms with Crippen molar-refractivity contribution in [3.05, 3.63) is 46.0 Å². The van der Waals surface area contributed by atoms with E-state index in [-0.39, 0.29) is 5.78 Å². The van der Waals surface area contributed by atoms with Crippen LogP contribution in [0.5, 0.6) is 0 Å². The van der Waals surface area contributed by atoms with Crippen LogP contribution >= 0.6 is 11.6 Å². The minimum absolute atomic E-state index is 0.177. The number of ketones is 1. The number of allylic oxidation sites excluding steroid dienone is 2. The predicted molar refractivity (Wildman–Crippen MR) is 76.3 cm³/mol. The van der Waals surface area contributed by atoms with E-state index in [9.17, 15) is 4.79 Å². The predicted octanol–water partition coefficient (Wildman–Crippen LogP) is 5.11. The van der Waals surface area contributed by atoms with Crippen LogP contribution in [0.3, 0.4) is 0 Å². The molecule has 0 fully saturated rings. The van der Waals surface area contributed by atoms with Crippen LogP contribution in [0.2, 0.25) is 5.02 Å². The molecule has 1 aromatic carbocycles. The highest BCUT2D eigenvalue weighted by molar-refractivity contribution is 6.31. The number of carbonyl (C=O) groups excluding carboxylic acids is 1. The number of halogens is 1. The van der Waals surface area contributed by atoms with Gasteiger partial charge in [0, 0.05) is 10.6 Å². The highest BCUT2D eigenvalue weighted by Gasteiger charge is 2.13. The highest BCUT2D eigenvalue weighted by Crippen LogP contribution is 2.23. The lowest BCUT2D eigenvalue weighted by atomic mass is 9.93. The van der Waals surface area contributed by atoms with Gasteiger partial charge in [0.2, 0.25) is 0 Å². The van der Waals surface area contributed by atoms with Crippen LogP contribution in [0.15, 0.2) is 29.8 Å². The molecule has 0 unspecified atom stereocenters. The van der Waals surface area contributed by atoms with Gasteiger partial charge >= 0.3 is 0 Å². The van der Waals surface area contributed by atoms with Crippen LogP contribution in [0, 0.1) is 6.92 Å². The second-order valence-corrected chi connectivity index (χ2v) is 5.38. The van der Waals surface area contributed by atoms with Crippen molar-refractivity contribution < 1.29 is 4.79 Å². The van der Waals surface area contributed by atoms with E-state index in [1.807, 2.05) is 25.1 Å². The summed E-state index contributed by atoms with van der Waals surface area (Å²) in [5, 5.41) is 0.721. The Bertz CT molecular complexity index is 474. The second-order valence-electron chi connectivity index (χ2n) is 4.98. The van der Waals surface area contributed by atoms with Crippen molar-refractivity contribution >= 4 is 17.4 Å². The number of rotatable bonds is 2. The van der Waals surface area contributed by atoms with Crippen molar-refractivity contribution in [3.8, 4) is 0 Å². The van der Waals surface area contributed by atoms with E-state index in [0.29, 0.717) is 0 Å². The van der Waals surface area contributed by atoms with Gasteiger partial charge in [0.05, 0.1) is 0 Å². The summed E-state index contributed by atoms with van der Waals surface area (Å²) in [6.45, 7) is 1.94. The summed E-state index contributed by atoms with van der Waals surface area (Å²) in [5.74, 6) is 0.177. The standard InChI is InChI=1S/C16H19ClO/c1-12-11-14(9-10-15(12)17)16(18)13-7-5-3-2-4-6-8-13/h7,9-11H,2-6,8H2,1H3/b13-7+. The number of hydrogen-bond acceptors (Lipinski definition) is 1. The van der Waals surface area contributed by atoms with Crippen LogP contribution < -0.4 is 0 Å². The summed E-state index contributed by atoms with van der Waals surface area (Å²) < 4.78 is 0. The molecule has 1 aromatic rings. The molecule has 0 amide bonds. The number of carbonyl (C=O) groups is 1. The molecular weight excluding hydrogens is 244 g/mol. The lowest BCUT2D eigenvalue weighted by Crippen LogP contribution is -2.05. The second kappa shape index (κ2) is 6.19. The summed E-state index contributed by atoms with van der Waals surface area (Å²) in [4.78, 5) is 12.4. The maximum absolute atomic E-state index is 12.4. The number of benzene rings is 1. The monoisotopic (exact) mass is 262 g/mol. The first kappa shape index (κ1) is 13.4. The lowest BCUT2D eigenvalue weighted by molar-refractivity contribution is 0.102. The SMILES string of the molecule is Cc1cc(C(=O)/C2=C/CCCCCC2)ccc1Cl. The zero-order valence-electron chi connectivity index (χ0n) is 10.8. The van der Waals surface area contributed by atoms with E-state index in [1.165, 1.54) is 19.3 Å².